The molecule has 2 aromatic rings. The highest BCUT2D eigenvalue weighted by atomic mass is 79.9. The van der Waals surface area contributed by atoms with Crippen molar-refractivity contribution in [1.29, 1.82) is 0 Å². The fourth-order valence-electron chi connectivity index (χ4n) is 2.02. The SMILES string of the molecule is CC(NC(=O)c1cc(N)cc(Br)c1)c1c(F)cccc1F. The number of nitrogens with two attached hydrogens (primary N) is 1. The Hall–Kier alpha value is -1.95. The predicted molar refractivity (Wildman–Crippen MR) is 80.8 cm³/mol. The van der Waals surface area contributed by atoms with Crippen LogP contribution in [0.1, 0.15) is 28.9 Å². The third-order valence-corrected chi connectivity index (χ3v) is 3.42. The predicted octanol–water partition coefficient (Wildman–Crippen LogP) is 3.80. The van der Waals surface area contributed by atoms with Gasteiger partial charge >= 0.3 is 0 Å². The largest absolute Gasteiger partial charge is 0.399 e. The van der Waals surface area contributed by atoms with Crippen molar-refractivity contribution in [3.8, 4) is 0 Å². The van der Waals surface area contributed by atoms with Gasteiger partial charge in [-0.15, -0.1) is 0 Å². The lowest BCUT2D eigenvalue weighted by atomic mass is 10.1. The molecule has 3 nitrogen and oxygen atoms in total. The van der Waals surface area contributed by atoms with E-state index in [1.165, 1.54) is 19.1 Å². The zero-order valence-electron chi connectivity index (χ0n) is 11.2. The normalized spacial score (nSPS) is 12.0. The fourth-order valence-corrected chi connectivity index (χ4v) is 2.53. The Bertz CT molecular complexity index is 651. The summed E-state index contributed by atoms with van der Waals surface area (Å²) in [5, 5.41) is 2.55. The van der Waals surface area contributed by atoms with Crippen LogP contribution in [0.2, 0.25) is 0 Å². The van der Waals surface area contributed by atoms with Crippen LogP contribution in [0.25, 0.3) is 0 Å². The Kier molecular flexibility index (Phi) is 4.57. The molecule has 0 aliphatic rings. The summed E-state index contributed by atoms with van der Waals surface area (Å²) in [6.45, 7) is 1.51. The Morgan fingerprint density at radius 1 is 1.24 bits per heavy atom. The van der Waals surface area contributed by atoms with E-state index in [-0.39, 0.29) is 5.56 Å². The molecule has 0 aliphatic carbocycles. The molecule has 0 aliphatic heterocycles. The van der Waals surface area contributed by atoms with Crippen LogP contribution < -0.4 is 11.1 Å². The maximum Gasteiger partial charge on any atom is 0.251 e. The van der Waals surface area contributed by atoms with Gasteiger partial charge in [-0.2, -0.15) is 0 Å². The van der Waals surface area contributed by atoms with Gasteiger partial charge in [0.25, 0.3) is 5.91 Å². The number of rotatable bonds is 3. The number of nitrogen functional groups attached to an aromatic ring is 1. The molecule has 0 saturated heterocycles. The van der Waals surface area contributed by atoms with Crippen LogP contribution in [0.5, 0.6) is 0 Å². The van der Waals surface area contributed by atoms with E-state index in [0.717, 1.165) is 12.1 Å². The molecule has 0 aromatic heterocycles. The average molecular weight is 355 g/mol. The first-order valence-corrected chi connectivity index (χ1v) is 6.98. The third kappa shape index (κ3) is 3.58. The van der Waals surface area contributed by atoms with Crippen molar-refractivity contribution in [3.05, 3.63) is 63.6 Å². The number of benzene rings is 2. The molecule has 0 radical (unpaired) electrons. The van der Waals surface area contributed by atoms with Gasteiger partial charge in [-0.25, -0.2) is 8.78 Å². The first-order chi connectivity index (χ1) is 9.88. The van der Waals surface area contributed by atoms with Crippen molar-refractivity contribution < 1.29 is 13.6 Å². The zero-order chi connectivity index (χ0) is 15.6. The van der Waals surface area contributed by atoms with Crippen molar-refractivity contribution in [2.24, 2.45) is 0 Å². The second-order valence-electron chi connectivity index (χ2n) is 4.60. The van der Waals surface area contributed by atoms with Crippen molar-refractivity contribution in [3.63, 3.8) is 0 Å². The first kappa shape index (κ1) is 15.4. The summed E-state index contributed by atoms with van der Waals surface area (Å²) in [5.74, 6) is -1.86. The van der Waals surface area contributed by atoms with Gasteiger partial charge in [0.1, 0.15) is 11.6 Å². The van der Waals surface area contributed by atoms with Crippen LogP contribution in [-0.2, 0) is 0 Å². The van der Waals surface area contributed by atoms with E-state index < -0.39 is 23.6 Å². The number of hydrogen-bond acceptors (Lipinski definition) is 2. The zero-order valence-corrected chi connectivity index (χ0v) is 12.7. The van der Waals surface area contributed by atoms with Gasteiger partial charge < -0.3 is 11.1 Å². The van der Waals surface area contributed by atoms with Crippen LogP contribution in [0, 0.1) is 11.6 Å². The topological polar surface area (TPSA) is 55.1 Å². The molecule has 2 aromatic carbocycles. The quantitative estimate of drug-likeness (QED) is 0.823. The van der Waals surface area contributed by atoms with E-state index in [2.05, 4.69) is 21.2 Å². The van der Waals surface area contributed by atoms with Crippen molar-refractivity contribution >= 4 is 27.5 Å². The lowest BCUT2D eigenvalue weighted by molar-refractivity contribution is 0.0939. The van der Waals surface area contributed by atoms with Crippen LogP contribution in [-0.4, -0.2) is 5.91 Å². The van der Waals surface area contributed by atoms with E-state index >= 15 is 0 Å². The number of amides is 1. The van der Waals surface area contributed by atoms with Crippen molar-refractivity contribution in [2.45, 2.75) is 13.0 Å². The van der Waals surface area contributed by atoms with Gasteiger partial charge in [-0.1, -0.05) is 22.0 Å². The van der Waals surface area contributed by atoms with Crippen molar-refractivity contribution in [2.75, 3.05) is 5.73 Å². The highest BCUT2D eigenvalue weighted by molar-refractivity contribution is 9.10. The lowest BCUT2D eigenvalue weighted by Crippen LogP contribution is -2.28. The summed E-state index contributed by atoms with van der Waals surface area (Å²) in [7, 11) is 0. The molecule has 110 valence electrons. The van der Waals surface area contributed by atoms with Gasteiger partial charge in [0.05, 0.1) is 6.04 Å². The molecule has 0 spiro atoms. The molecule has 2 rings (SSSR count). The molecule has 6 heteroatoms. The minimum atomic E-state index is -0.807. The summed E-state index contributed by atoms with van der Waals surface area (Å²) in [6, 6.07) is 7.49. The second-order valence-corrected chi connectivity index (χ2v) is 5.52. The molecule has 21 heavy (non-hydrogen) atoms. The fraction of sp³-hybridized carbons (Fsp3) is 0.133. The molecular weight excluding hydrogens is 342 g/mol. The summed E-state index contributed by atoms with van der Waals surface area (Å²) in [6.07, 6.45) is 0. The van der Waals surface area contributed by atoms with Gasteiger partial charge in [0.15, 0.2) is 0 Å². The van der Waals surface area contributed by atoms with Crippen LogP contribution in [0.4, 0.5) is 14.5 Å². The van der Waals surface area contributed by atoms with Gasteiger partial charge in [-0.3, -0.25) is 4.79 Å². The third-order valence-electron chi connectivity index (χ3n) is 2.96. The molecule has 0 bridgehead atoms. The maximum atomic E-state index is 13.7. The highest BCUT2D eigenvalue weighted by Gasteiger charge is 2.18. The average Bonchev–Trinajstić information content (AvgIpc) is 2.37. The minimum absolute atomic E-state index is 0.172. The molecule has 0 fully saturated rings. The Balaban J connectivity index is 2.23. The van der Waals surface area contributed by atoms with Crippen LogP contribution in [0.15, 0.2) is 40.9 Å². The number of nitrogens with one attached hydrogen (secondary N) is 1. The Morgan fingerprint density at radius 2 is 1.86 bits per heavy atom. The Morgan fingerprint density at radius 3 is 2.43 bits per heavy atom. The number of anilines is 1. The van der Waals surface area contributed by atoms with Gasteiger partial charge in [0, 0.05) is 21.3 Å². The van der Waals surface area contributed by atoms with Gasteiger partial charge in [0.2, 0.25) is 0 Å². The number of halogens is 3. The second kappa shape index (κ2) is 6.22. The Labute approximate surface area is 129 Å². The highest BCUT2D eigenvalue weighted by Crippen LogP contribution is 2.22. The van der Waals surface area contributed by atoms with E-state index in [9.17, 15) is 13.6 Å². The molecule has 0 heterocycles. The van der Waals surface area contributed by atoms with Crippen LogP contribution in [0.3, 0.4) is 0 Å². The standard InChI is InChI=1S/C15H13BrF2N2O/c1-8(14-12(17)3-2-4-13(14)18)20-15(21)9-5-10(16)7-11(19)6-9/h2-8H,19H2,1H3,(H,20,21). The molecule has 0 saturated carbocycles. The smallest absolute Gasteiger partial charge is 0.251 e. The summed E-state index contributed by atoms with van der Waals surface area (Å²) < 4.78 is 28.0. The molecular formula is C15H13BrF2N2O. The molecule has 3 N–H and O–H groups in total. The van der Waals surface area contributed by atoms with Crippen LogP contribution >= 0.6 is 15.9 Å². The van der Waals surface area contributed by atoms with Crippen molar-refractivity contribution in [1.82, 2.24) is 5.32 Å². The van der Waals surface area contributed by atoms with E-state index in [1.54, 1.807) is 12.1 Å². The molecule has 1 atom stereocenters. The number of carbonyl (C=O) groups excluding carboxylic acids is 1. The number of carbonyl (C=O) groups is 1. The van der Waals surface area contributed by atoms with E-state index in [0.29, 0.717) is 15.7 Å². The summed E-state index contributed by atoms with van der Waals surface area (Å²) >= 11 is 3.24. The number of hydrogen-bond donors (Lipinski definition) is 2. The first-order valence-electron chi connectivity index (χ1n) is 6.19. The van der Waals surface area contributed by atoms with Gasteiger partial charge in [-0.05, 0) is 37.3 Å². The molecule has 1 amide bonds. The maximum absolute atomic E-state index is 13.7. The van der Waals surface area contributed by atoms with E-state index in [4.69, 9.17) is 5.73 Å². The van der Waals surface area contributed by atoms with E-state index in [1.807, 2.05) is 0 Å². The summed E-state index contributed by atoms with van der Waals surface area (Å²) in [5.41, 5.74) is 6.21. The summed E-state index contributed by atoms with van der Waals surface area (Å²) in [4.78, 5) is 12.1. The molecule has 1 unspecified atom stereocenters. The minimum Gasteiger partial charge on any atom is -0.399 e. The monoisotopic (exact) mass is 354 g/mol. The lowest BCUT2D eigenvalue weighted by Gasteiger charge is -2.16.